The summed E-state index contributed by atoms with van der Waals surface area (Å²) in [6.07, 6.45) is 0.571. The zero-order valence-electron chi connectivity index (χ0n) is 26.7. The minimum atomic E-state index is -4.41. The van der Waals surface area contributed by atoms with Crippen molar-refractivity contribution in [3.63, 3.8) is 0 Å². The molecule has 1 amide bonds. The van der Waals surface area contributed by atoms with Gasteiger partial charge in [0.25, 0.3) is 5.91 Å². The van der Waals surface area contributed by atoms with Crippen molar-refractivity contribution in [2.24, 2.45) is 0 Å². The molecular formula is C36H34FN2NaO6S. The van der Waals surface area contributed by atoms with Gasteiger partial charge in [-0.15, -0.1) is 0 Å². The Bertz CT molecular complexity index is 1890. The summed E-state index contributed by atoms with van der Waals surface area (Å²) in [6.45, 7) is 6.24. The maximum atomic E-state index is 13.2. The topological polar surface area (TPSA) is 122 Å². The summed E-state index contributed by atoms with van der Waals surface area (Å²) in [6, 6.07) is 30.6. The molecule has 5 aromatic rings. The maximum Gasteiger partial charge on any atom is 1.00 e. The van der Waals surface area contributed by atoms with Gasteiger partial charge in [-0.3, -0.25) is 4.79 Å². The number of hydrogen-bond acceptors (Lipinski definition) is 7. The molecule has 1 heterocycles. The molecule has 1 aromatic heterocycles. The van der Waals surface area contributed by atoms with E-state index in [4.69, 9.17) is 9.26 Å². The molecule has 0 aliphatic rings. The number of benzene rings is 4. The zero-order valence-corrected chi connectivity index (χ0v) is 29.5. The Kier molecular flexibility index (Phi) is 11.8. The fourth-order valence-corrected chi connectivity index (χ4v) is 5.30. The van der Waals surface area contributed by atoms with E-state index in [-0.39, 0.29) is 53.3 Å². The minimum Gasteiger partial charge on any atom is -0.748 e. The van der Waals surface area contributed by atoms with Crippen LogP contribution in [0.25, 0.3) is 11.3 Å². The van der Waals surface area contributed by atoms with E-state index in [1.807, 2.05) is 30.3 Å². The summed E-state index contributed by atoms with van der Waals surface area (Å²) in [5.74, 6) is 0.0988. The predicted molar refractivity (Wildman–Crippen MR) is 172 cm³/mol. The molecule has 0 aliphatic heterocycles. The monoisotopic (exact) mass is 664 g/mol. The van der Waals surface area contributed by atoms with Crippen molar-refractivity contribution in [2.75, 3.05) is 12.3 Å². The van der Waals surface area contributed by atoms with Gasteiger partial charge in [0.15, 0.2) is 5.76 Å². The predicted octanol–water partition coefficient (Wildman–Crippen LogP) is 4.22. The first kappa shape index (κ1) is 36.0. The van der Waals surface area contributed by atoms with Gasteiger partial charge < -0.3 is 19.1 Å². The number of aromatic nitrogens is 1. The third kappa shape index (κ3) is 10.1. The molecule has 1 atom stereocenters. The molecule has 0 aliphatic carbocycles. The van der Waals surface area contributed by atoms with Crippen molar-refractivity contribution in [1.29, 1.82) is 0 Å². The summed E-state index contributed by atoms with van der Waals surface area (Å²) in [4.78, 5) is 12.4. The van der Waals surface area contributed by atoms with E-state index in [1.54, 1.807) is 36.4 Å². The molecule has 0 spiro atoms. The SMILES string of the molecule is CC(C)(C)c1ccc(C(Cc2ccc(C(=O)NCCS(=O)(=O)[O-])cc2)c2cc(-c3ccc(Oc4ccc(F)cc4)cc3)on2)cc1.[Na+]. The molecular weight excluding hydrogens is 630 g/mol. The number of halogens is 1. The number of nitrogens with one attached hydrogen (secondary N) is 1. The van der Waals surface area contributed by atoms with Crippen LogP contribution in [-0.2, 0) is 22.0 Å². The van der Waals surface area contributed by atoms with Crippen molar-refractivity contribution >= 4 is 16.0 Å². The van der Waals surface area contributed by atoms with Crippen molar-refractivity contribution in [3.05, 3.63) is 137 Å². The number of carbonyl (C=O) groups excluding carboxylic acids is 1. The van der Waals surface area contributed by atoms with Gasteiger partial charge in [0, 0.05) is 29.7 Å². The van der Waals surface area contributed by atoms with Crippen LogP contribution in [0, 0.1) is 5.82 Å². The number of carbonyl (C=O) groups is 1. The largest absolute Gasteiger partial charge is 1.00 e. The second-order valence-corrected chi connectivity index (χ2v) is 13.6. The van der Waals surface area contributed by atoms with Crippen LogP contribution in [0.5, 0.6) is 11.5 Å². The van der Waals surface area contributed by atoms with Gasteiger partial charge in [-0.05, 0) is 89.2 Å². The normalized spacial score (nSPS) is 12.2. The molecule has 11 heteroatoms. The second-order valence-electron chi connectivity index (χ2n) is 12.0. The van der Waals surface area contributed by atoms with E-state index in [1.165, 1.54) is 17.7 Å². The fraction of sp³-hybridized carbons (Fsp3) is 0.222. The zero-order chi connectivity index (χ0) is 32.9. The van der Waals surface area contributed by atoms with Crippen molar-refractivity contribution in [3.8, 4) is 22.8 Å². The first-order valence-electron chi connectivity index (χ1n) is 14.8. The molecule has 8 nitrogen and oxygen atoms in total. The molecule has 0 saturated carbocycles. The summed E-state index contributed by atoms with van der Waals surface area (Å²) in [5.41, 5.74) is 5.12. The number of hydrogen-bond donors (Lipinski definition) is 1. The molecule has 5 rings (SSSR count). The van der Waals surface area contributed by atoms with Gasteiger partial charge in [0.05, 0.1) is 21.6 Å². The van der Waals surface area contributed by atoms with E-state index in [0.717, 1.165) is 22.4 Å². The maximum absolute atomic E-state index is 13.2. The Labute approximate surface area is 296 Å². The quantitative estimate of drug-likeness (QED) is 0.166. The van der Waals surface area contributed by atoms with E-state index in [2.05, 4.69) is 55.5 Å². The molecule has 0 radical (unpaired) electrons. The Balaban J connectivity index is 0.00000500. The molecule has 1 N–H and O–H groups in total. The molecule has 4 aromatic carbocycles. The van der Waals surface area contributed by atoms with Crippen LogP contribution < -0.4 is 39.6 Å². The number of amides is 1. The summed E-state index contributed by atoms with van der Waals surface area (Å²) >= 11 is 0. The standard InChI is InChI=1S/C36H35FN2O6S.Na/c1-36(2,3)28-12-8-25(9-13-28)32(22-24-4-6-27(7-5-24)35(40)38-20-21-46(41,42)43)33-23-34(45-39-33)26-10-16-30(17-11-26)44-31-18-14-29(37)15-19-31;/h4-19,23,32H,20-22H2,1-3H3,(H,38,40)(H,41,42,43);/q;+1/p-1. The van der Waals surface area contributed by atoms with Crippen LogP contribution in [-0.4, -0.2) is 36.3 Å². The first-order chi connectivity index (χ1) is 21.8. The number of ether oxygens (including phenoxy) is 1. The van der Waals surface area contributed by atoms with Gasteiger partial charge in [-0.2, -0.15) is 0 Å². The average Bonchev–Trinajstić information content (AvgIpc) is 3.51. The molecule has 238 valence electrons. The Morgan fingerprint density at radius 2 is 1.51 bits per heavy atom. The number of nitrogens with zero attached hydrogens (tertiary/aromatic N) is 1. The molecule has 0 fully saturated rings. The van der Waals surface area contributed by atoms with Crippen LogP contribution in [0.1, 0.15) is 59.4 Å². The van der Waals surface area contributed by atoms with Gasteiger partial charge in [0.1, 0.15) is 17.3 Å². The van der Waals surface area contributed by atoms with Crippen LogP contribution in [0.2, 0.25) is 0 Å². The molecule has 0 bridgehead atoms. The summed E-state index contributed by atoms with van der Waals surface area (Å²) in [7, 11) is -4.41. The van der Waals surface area contributed by atoms with E-state index < -0.39 is 21.8 Å². The first-order valence-corrected chi connectivity index (χ1v) is 16.3. The van der Waals surface area contributed by atoms with Crippen LogP contribution >= 0.6 is 0 Å². The molecule has 1 unspecified atom stereocenters. The minimum absolute atomic E-state index is 0. The van der Waals surface area contributed by atoms with E-state index >= 15 is 0 Å². The molecule has 47 heavy (non-hydrogen) atoms. The number of rotatable bonds is 11. The third-order valence-corrected chi connectivity index (χ3v) is 8.25. The van der Waals surface area contributed by atoms with Gasteiger partial charge in [0.2, 0.25) is 0 Å². The third-order valence-electron chi connectivity index (χ3n) is 7.55. The van der Waals surface area contributed by atoms with Crippen molar-refractivity contribution in [2.45, 2.75) is 38.5 Å². The summed E-state index contributed by atoms with van der Waals surface area (Å²) in [5, 5.41) is 6.91. The smallest absolute Gasteiger partial charge is 0.748 e. The van der Waals surface area contributed by atoms with Crippen molar-refractivity contribution in [1.82, 2.24) is 10.5 Å². The van der Waals surface area contributed by atoms with Crippen LogP contribution in [0.4, 0.5) is 4.39 Å². The van der Waals surface area contributed by atoms with Gasteiger partial charge in [-0.1, -0.05) is 62.3 Å². The second kappa shape index (κ2) is 15.4. The summed E-state index contributed by atoms with van der Waals surface area (Å²) < 4.78 is 57.3. The Morgan fingerprint density at radius 1 is 0.915 bits per heavy atom. The Morgan fingerprint density at radius 3 is 2.09 bits per heavy atom. The van der Waals surface area contributed by atoms with Gasteiger partial charge >= 0.3 is 29.6 Å². The van der Waals surface area contributed by atoms with Gasteiger partial charge in [-0.25, -0.2) is 12.8 Å². The fourth-order valence-electron chi connectivity index (χ4n) is 4.94. The molecule has 0 saturated heterocycles. The van der Waals surface area contributed by atoms with E-state index in [9.17, 15) is 22.2 Å². The van der Waals surface area contributed by atoms with Crippen LogP contribution in [0.15, 0.2) is 108 Å². The van der Waals surface area contributed by atoms with Crippen molar-refractivity contribution < 1.29 is 61.0 Å². The average molecular weight is 665 g/mol. The van der Waals surface area contributed by atoms with Crippen LogP contribution in [0.3, 0.4) is 0 Å². The van der Waals surface area contributed by atoms with E-state index in [0.29, 0.717) is 29.2 Å². The Hall–Kier alpha value is -3.80.